The first-order valence-corrected chi connectivity index (χ1v) is 18.9. The third-order valence-electron chi connectivity index (χ3n) is 7.81. The molecule has 0 fully saturated rings. The largest absolute Gasteiger partial charge is 0.354 e. The van der Waals surface area contributed by atoms with Gasteiger partial charge >= 0.3 is 0 Å². The molecule has 0 aliphatic heterocycles. The average Bonchev–Trinajstić information content (AvgIpc) is 3.62. The number of aryl methyl sites for hydroxylation is 2. The van der Waals surface area contributed by atoms with E-state index in [0.717, 1.165) is 35.3 Å². The van der Waals surface area contributed by atoms with Gasteiger partial charge in [-0.1, -0.05) is 131 Å². The number of aromatic nitrogens is 1. The Labute approximate surface area is 318 Å². The van der Waals surface area contributed by atoms with E-state index in [9.17, 15) is 5.26 Å². The fourth-order valence-corrected chi connectivity index (χ4v) is 5.99. The summed E-state index contributed by atoms with van der Waals surface area (Å²) in [6.45, 7) is 19.1. The molecule has 0 bridgehead atoms. The minimum Gasteiger partial charge on any atom is -0.354 e. The summed E-state index contributed by atoms with van der Waals surface area (Å²) in [5.74, 6) is 0. The minimum absolute atomic E-state index is 0.628. The number of benzene rings is 3. The summed E-state index contributed by atoms with van der Waals surface area (Å²) in [5, 5.41) is 15.7. The van der Waals surface area contributed by atoms with Gasteiger partial charge in [-0.25, -0.2) is 0 Å². The van der Waals surface area contributed by atoms with Crippen LogP contribution in [0.2, 0.25) is 0 Å². The third kappa shape index (κ3) is 14.9. The monoisotopic (exact) mass is 708 g/mol. The Hall–Kier alpha value is -5.24. The van der Waals surface area contributed by atoms with E-state index >= 15 is 0 Å². The zero-order chi connectivity index (χ0) is 38.0. The molecular formula is C47H56N4S. The zero-order valence-electron chi connectivity index (χ0n) is 32.0. The zero-order valence-corrected chi connectivity index (χ0v) is 32.8. The molecule has 52 heavy (non-hydrogen) atoms. The van der Waals surface area contributed by atoms with Gasteiger partial charge in [-0.2, -0.15) is 5.26 Å². The van der Waals surface area contributed by atoms with Crippen LogP contribution < -0.4 is 10.6 Å². The summed E-state index contributed by atoms with van der Waals surface area (Å²) >= 11 is 1.84. The van der Waals surface area contributed by atoms with Crippen molar-refractivity contribution in [2.45, 2.75) is 66.7 Å². The first kappa shape index (κ1) is 42.9. The smallest absolute Gasteiger partial charge is 0.102 e. The molecule has 2 N–H and O–H groups in total. The second kappa shape index (κ2) is 25.7. The van der Waals surface area contributed by atoms with Crippen molar-refractivity contribution < 1.29 is 0 Å². The number of unbranched alkanes of at least 4 members (excludes halogenated alkanes) is 1. The van der Waals surface area contributed by atoms with Crippen LogP contribution in [0.1, 0.15) is 74.1 Å². The molecule has 0 unspecified atom stereocenters. The molecule has 0 aliphatic carbocycles. The Morgan fingerprint density at radius 2 is 1.56 bits per heavy atom. The first-order valence-electron chi connectivity index (χ1n) is 18.1. The van der Waals surface area contributed by atoms with Crippen molar-refractivity contribution in [2.24, 2.45) is 0 Å². The van der Waals surface area contributed by atoms with Crippen molar-refractivity contribution in [1.29, 1.82) is 5.26 Å². The normalized spacial score (nSPS) is 10.1. The fraction of sp³-hybridized carbons (Fsp3) is 0.255. The maximum atomic E-state index is 9.52. The number of likely N-dealkylation sites (N-methyl/N-ethyl adjacent to an activating group) is 1. The van der Waals surface area contributed by atoms with Gasteiger partial charge in [-0.15, -0.1) is 23.6 Å². The van der Waals surface area contributed by atoms with Crippen molar-refractivity contribution in [1.82, 2.24) is 10.3 Å². The van der Waals surface area contributed by atoms with Crippen LogP contribution in [0.4, 0.5) is 5.69 Å². The number of hydrogen-bond donors (Lipinski definition) is 2. The molecule has 2 aromatic heterocycles. The van der Waals surface area contributed by atoms with Gasteiger partial charge in [0.15, 0.2) is 0 Å². The molecule has 0 spiro atoms. The van der Waals surface area contributed by atoms with E-state index in [0.29, 0.717) is 12.0 Å². The first-order chi connectivity index (χ1) is 25.4. The summed E-state index contributed by atoms with van der Waals surface area (Å²) in [5.41, 5.74) is 12.5. The quantitative estimate of drug-likeness (QED) is 0.100. The highest BCUT2D eigenvalue weighted by Gasteiger charge is 2.13. The molecule has 0 aliphatic rings. The van der Waals surface area contributed by atoms with Crippen LogP contribution in [-0.4, -0.2) is 18.6 Å². The van der Waals surface area contributed by atoms with Crippen molar-refractivity contribution in [3.05, 3.63) is 167 Å². The molecule has 0 radical (unpaired) electrons. The highest BCUT2D eigenvalue weighted by Crippen LogP contribution is 2.31. The van der Waals surface area contributed by atoms with Gasteiger partial charge in [0.2, 0.25) is 0 Å². The highest BCUT2D eigenvalue weighted by atomic mass is 32.1. The van der Waals surface area contributed by atoms with Crippen molar-refractivity contribution in [2.75, 3.05) is 18.9 Å². The second-order valence-corrected chi connectivity index (χ2v) is 13.4. The summed E-state index contributed by atoms with van der Waals surface area (Å²) < 4.78 is 0. The lowest BCUT2D eigenvalue weighted by Crippen LogP contribution is -2.08. The molecular weight excluding hydrogens is 653 g/mol. The van der Waals surface area contributed by atoms with Gasteiger partial charge < -0.3 is 10.6 Å². The Morgan fingerprint density at radius 1 is 0.885 bits per heavy atom. The second-order valence-electron chi connectivity index (χ2n) is 12.1. The topological polar surface area (TPSA) is 60.7 Å². The lowest BCUT2D eigenvalue weighted by atomic mass is 9.92. The van der Waals surface area contributed by atoms with Crippen LogP contribution in [0.15, 0.2) is 140 Å². The molecule has 0 saturated heterocycles. The Morgan fingerprint density at radius 3 is 2.10 bits per heavy atom. The van der Waals surface area contributed by atoms with Crippen LogP contribution >= 0.6 is 11.3 Å². The average molecular weight is 709 g/mol. The Bertz CT molecular complexity index is 1870. The van der Waals surface area contributed by atoms with Gasteiger partial charge in [0, 0.05) is 34.9 Å². The Kier molecular flexibility index (Phi) is 21.2. The van der Waals surface area contributed by atoms with Crippen molar-refractivity contribution in [3.8, 4) is 27.6 Å². The number of thiophene rings is 1. The van der Waals surface area contributed by atoms with Gasteiger partial charge in [0.1, 0.15) is 6.07 Å². The van der Waals surface area contributed by atoms with Crippen LogP contribution in [0.25, 0.3) is 27.6 Å². The van der Waals surface area contributed by atoms with Gasteiger partial charge in [-0.3, -0.25) is 4.98 Å². The highest BCUT2D eigenvalue weighted by molar-refractivity contribution is 7.15. The Balaban J connectivity index is 0.000000265. The van der Waals surface area contributed by atoms with Crippen LogP contribution in [0, 0.1) is 18.3 Å². The minimum atomic E-state index is 0.628. The molecule has 3 aromatic carbocycles. The van der Waals surface area contributed by atoms with E-state index in [2.05, 4.69) is 124 Å². The summed E-state index contributed by atoms with van der Waals surface area (Å²) in [7, 11) is 1.97. The predicted octanol–water partition coefficient (Wildman–Crippen LogP) is 12.9. The number of nitriles is 1. The fourth-order valence-electron chi connectivity index (χ4n) is 5.12. The maximum Gasteiger partial charge on any atom is 0.102 e. The number of pyridine rings is 1. The summed E-state index contributed by atoms with van der Waals surface area (Å²) in [4.78, 5) is 6.90. The SMILES string of the molecule is C=C=CNc1ccc(-c2ccccc2)c(CC=C)c1C#N.CCCC.CCCc1ccncc1/C=C(\C)CNC.Cc1ccc(-c2ccccc2)s1. The van der Waals surface area contributed by atoms with Crippen molar-refractivity contribution >= 4 is 23.1 Å². The summed E-state index contributed by atoms with van der Waals surface area (Å²) in [6.07, 6.45) is 15.0. The van der Waals surface area contributed by atoms with Crippen molar-refractivity contribution in [3.63, 3.8) is 0 Å². The maximum absolute atomic E-state index is 9.52. The number of anilines is 1. The van der Waals surface area contributed by atoms with E-state index in [-0.39, 0.29) is 0 Å². The molecule has 0 atom stereocenters. The van der Waals surface area contributed by atoms with E-state index in [1.54, 1.807) is 6.20 Å². The number of nitrogens with zero attached hydrogens (tertiary/aromatic N) is 2. The van der Waals surface area contributed by atoms with Gasteiger partial charge in [0.25, 0.3) is 0 Å². The number of allylic oxidation sites excluding steroid dienone is 1. The molecule has 5 heteroatoms. The predicted molar refractivity (Wildman–Crippen MR) is 229 cm³/mol. The molecule has 5 aromatic rings. The number of hydrogen-bond acceptors (Lipinski definition) is 5. The van der Waals surface area contributed by atoms with E-state index in [4.69, 9.17) is 0 Å². The van der Waals surface area contributed by atoms with Crippen LogP contribution in [0.5, 0.6) is 0 Å². The number of rotatable bonds is 12. The third-order valence-corrected chi connectivity index (χ3v) is 8.86. The van der Waals surface area contributed by atoms with E-state index < -0.39 is 0 Å². The van der Waals surface area contributed by atoms with Gasteiger partial charge in [0.05, 0.1) is 11.3 Å². The summed E-state index contributed by atoms with van der Waals surface area (Å²) in [6, 6.07) is 33.2. The molecule has 5 rings (SSSR count). The van der Waals surface area contributed by atoms with Crippen LogP contribution in [-0.2, 0) is 12.8 Å². The molecule has 270 valence electrons. The molecule has 0 amide bonds. The molecule has 2 heterocycles. The van der Waals surface area contributed by atoms with Gasteiger partial charge in [-0.05, 0) is 91.4 Å². The standard InChI is InChI=1S/C19H16N2.C13H20N2.C11H10S.C4H10/c1-3-8-17-16(15-9-6-5-7-10-15)11-12-19(18(17)14-20)21-13-4-2;1-4-5-12-6-7-15-10-13(12)8-11(2)9-14-3;1-9-7-8-11(12-9)10-5-3-2-4-6-10;1-3-4-2/h3,5-7,9-13,21H,1-2,8H2;6-8,10,14H,4-5,9H2,1-3H3;2-8H,1H3;3-4H2,1-2H3/b;11-8+;;. The lowest BCUT2D eigenvalue weighted by Gasteiger charge is -2.14. The van der Waals surface area contributed by atoms with Crippen LogP contribution in [0.3, 0.4) is 0 Å². The van der Waals surface area contributed by atoms with E-state index in [1.807, 2.05) is 85.4 Å². The lowest BCUT2D eigenvalue weighted by molar-refractivity contribution is 0.883. The molecule has 0 saturated carbocycles. The molecule has 4 nitrogen and oxygen atoms in total. The van der Waals surface area contributed by atoms with E-state index in [1.165, 1.54) is 51.3 Å². The number of nitrogens with one attached hydrogen (secondary N) is 2.